The van der Waals surface area contributed by atoms with Gasteiger partial charge in [-0.3, -0.25) is 28.2 Å². The third kappa shape index (κ3) is 10.2. The van der Waals surface area contributed by atoms with Crippen LogP contribution >= 0.6 is 15.6 Å². The Labute approximate surface area is 341 Å². The molecule has 1 amide bonds. The highest BCUT2D eigenvalue weighted by atomic mass is 31.3. The van der Waals surface area contributed by atoms with E-state index in [1.807, 2.05) is 33.8 Å². The molecule has 4 unspecified atom stereocenters. The van der Waals surface area contributed by atoms with Gasteiger partial charge in [0.15, 0.2) is 24.3 Å². The Hall–Kier alpha value is -2.36. The molecule has 4 aliphatic carbocycles. The average molecular weight is 858 g/mol. The Kier molecular flexibility index (Phi) is 15.4. The number of fused-ring (bicyclic) bond motifs is 7. The van der Waals surface area contributed by atoms with Crippen molar-refractivity contribution in [1.82, 2.24) is 5.32 Å². The summed E-state index contributed by atoms with van der Waals surface area (Å²) in [6.07, 6.45) is 11.3. The number of ketones is 2. The maximum absolute atomic E-state index is 14.3. The lowest BCUT2D eigenvalue weighted by molar-refractivity contribution is -0.200. The van der Waals surface area contributed by atoms with Gasteiger partial charge in [0.2, 0.25) is 11.7 Å². The highest BCUT2D eigenvalue weighted by molar-refractivity contribution is 7.61. The SMILES string of the molecule is C=CCCCCCC(C)OCC(=O)NCCOP(=O)(O)OP(=O)(O)O[C@H]1C[C@@]2(C)[C@@H](C[C@H]3OC(CCC)O[C@]32C(=O)COC(C)=O)[C@@H]2CCC3=CC(=O)C=C[C@]3(C)[C@H]21. The molecule has 12 atom stereocenters. The zero-order valence-electron chi connectivity index (χ0n) is 34.3. The first kappa shape index (κ1) is 46.7. The second-order valence-electron chi connectivity index (χ2n) is 16.7. The quantitative estimate of drug-likeness (QED) is 0.0478. The molecular weight excluding hydrogens is 796 g/mol. The highest BCUT2D eigenvalue weighted by Crippen LogP contribution is 2.72. The minimum absolute atomic E-state index is 0.0550. The minimum Gasteiger partial charge on any atom is -0.458 e. The van der Waals surface area contributed by atoms with Crippen LogP contribution in [0.1, 0.15) is 105 Å². The molecule has 3 N–H and O–H groups in total. The summed E-state index contributed by atoms with van der Waals surface area (Å²) in [5, 5.41) is 2.51. The molecule has 5 aliphatic rings. The summed E-state index contributed by atoms with van der Waals surface area (Å²) in [5.41, 5.74) is -2.71. The third-order valence-corrected chi connectivity index (χ3v) is 15.5. The van der Waals surface area contributed by atoms with Crippen LogP contribution in [0.15, 0.2) is 36.5 Å². The van der Waals surface area contributed by atoms with Gasteiger partial charge in [0.05, 0.1) is 24.9 Å². The number of unbranched alkanes of at least 4 members (excludes halogenated alkanes) is 3. The van der Waals surface area contributed by atoms with Crippen LogP contribution in [0.3, 0.4) is 0 Å². The van der Waals surface area contributed by atoms with Gasteiger partial charge in [0.25, 0.3) is 0 Å². The van der Waals surface area contributed by atoms with E-state index in [1.54, 1.807) is 12.2 Å². The number of hydrogen-bond acceptors (Lipinski definition) is 13. The van der Waals surface area contributed by atoms with Crippen molar-refractivity contribution >= 4 is 39.1 Å². The van der Waals surface area contributed by atoms with Gasteiger partial charge in [-0.15, -0.1) is 6.58 Å². The van der Waals surface area contributed by atoms with Crippen LogP contribution in [0.25, 0.3) is 0 Å². The molecular formula is C40H61NO15P2. The van der Waals surface area contributed by atoms with Gasteiger partial charge in [0, 0.05) is 30.2 Å². The number of amides is 1. The van der Waals surface area contributed by atoms with Crippen molar-refractivity contribution in [3.8, 4) is 0 Å². The zero-order valence-corrected chi connectivity index (χ0v) is 36.0. The summed E-state index contributed by atoms with van der Waals surface area (Å²) in [7, 11) is -10.7. The number of carbonyl (C=O) groups excluding carboxylic acids is 4. The van der Waals surface area contributed by atoms with Crippen LogP contribution in [0.2, 0.25) is 0 Å². The van der Waals surface area contributed by atoms with Crippen molar-refractivity contribution in [3.05, 3.63) is 36.5 Å². The standard InChI is InChI=1S/C40H61NO15P2/c1-7-9-10-11-12-14-26(3)50-25-35(45)41-19-20-52-57(46,47)56-58(48,49)55-32-23-39(6)31(30-16-15-28-21-29(43)17-18-38(28,5)37(30)32)22-34-40(39,33(44)24-51-27(4)42)54-36(53-34)13-8-2/h7,17-18,21,26,30-32,34,36-37H,1,8-16,19-20,22-25H2,2-6H3,(H,41,45)(H,46,47)(H,48,49)/t26?,30-,31-,32-,34+,36?,37+,38-,39-,40+/m0/s1. The molecule has 1 heterocycles. The predicted octanol–water partition coefficient (Wildman–Crippen LogP) is 6.20. The molecule has 0 aromatic carbocycles. The van der Waals surface area contributed by atoms with Crippen molar-refractivity contribution in [1.29, 1.82) is 0 Å². The minimum atomic E-state index is -5.42. The summed E-state index contributed by atoms with van der Waals surface area (Å²) in [5.74, 6) is -2.87. The first-order valence-electron chi connectivity index (χ1n) is 20.4. The Morgan fingerprint density at radius 1 is 1.14 bits per heavy atom. The van der Waals surface area contributed by atoms with E-state index in [9.17, 15) is 38.1 Å². The van der Waals surface area contributed by atoms with E-state index in [0.29, 0.717) is 32.1 Å². The lowest BCUT2D eigenvalue weighted by Gasteiger charge is -2.60. The summed E-state index contributed by atoms with van der Waals surface area (Å²) in [6, 6.07) is 0. The summed E-state index contributed by atoms with van der Waals surface area (Å²) in [4.78, 5) is 72.7. The van der Waals surface area contributed by atoms with Gasteiger partial charge in [-0.2, -0.15) is 4.31 Å². The molecule has 58 heavy (non-hydrogen) atoms. The van der Waals surface area contributed by atoms with E-state index in [2.05, 4.69) is 11.9 Å². The van der Waals surface area contributed by atoms with E-state index in [0.717, 1.165) is 37.7 Å². The number of Topliss-reactive ketones (excluding diaryl/α,β-unsaturated/α-hetero) is 1. The van der Waals surface area contributed by atoms with Crippen LogP contribution in [0.5, 0.6) is 0 Å². The van der Waals surface area contributed by atoms with Crippen molar-refractivity contribution in [3.63, 3.8) is 0 Å². The third-order valence-electron chi connectivity index (χ3n) is 12.8. The monoisotopic (exact) mass is 857 g/mol. The molecule has 16 nitrogen and oxygen atoms in total. The smallest absolute Gasteiger partial charge is 0.458 e. The number of allylic oxidation sites excluding steroid dienone is 5. The maximum Gasteiger partial charge on any atom is 0.481 e. The Bertz CT molecular complexity index is 1720. The van der Waals surface area contributed by atoms with Crippen molar-refractivity contribution in [2.75, 3.05) is 26.4 Å². The number of hydrogen-bond donors (Lipinski definition) is 3. The number of carbonyl (C=O) groups is 4. The molecule has 0 spiro atoms. The normalized spacial score (nSPS) is 34.9. The number of ether oxygens (including phenoxy) is 4. The number of esters is 1. The number of phosphoric acid groups is 2. The maximum atomic E-state index is 14.3. The Morgan fingerprint density at radius 2 is 1.90 bits per heavy atom. The van der Waals surface area contributed by atoms with E-state index in [4.69, 9.17) is 32.3 Å². The molecule has 326 valence electrons. The van der Waals surface area contributed by atoms with E-state index in [-0.39, 0.29) is 43.3 Å². The Balaban J connectivity index is 1.30. The van der Waals surface area contributed by atoms with Crippen molar-refractivity contribution in [2.24, 2.45) is 28.6 Å². The summed E-state index contributed by atoms with van der Waals surface area (Å²) >= 11 is 0. The number of phosphoric ester groups is 2. The average Bonchev–Trinajstić information content (AvgIpc) is 3.62. The zero-order chi connectivity index (χ0) is 42.5. The largest absolute Gasteiger partial charge is 0.481 e. The number of rotatable bonds is 22. The molecule has 1 saturated heterocycles. The molecule has 0 aromatic heterocycles. The predicted molar refractivity (Wildman–Crippen MR) is 210 cm³/mol. The lowest BCUT2D eigenvalue weighted by Crippen LogP contribution is -2.64. The topological polar surface area (TPSA) is 220 Å². The fourth-order valence-electron chi connectivity index (χ4n) is 10.3. The molecule has 0 aromatic rings. The molecule has 4 fully saturated rings. The van der Waals surface area contributed by atoms with Gasteiger partial charge >= 0.3 is 21.6 Å². The van der Waals surface area contributed by atoms with Gasteiger partial charge in [0.1, 0.15) is 6.61 Å². The van der Waals surface area contributed by atoms with Crippen molar-refractivity contribution < 1.29 is 70.4 Å². The first-order chi connectivity index (χ1) is 27.3. The van der Waals surface area contributed by atoms with Crippen LogP contribution in [-0.4, -0.2) is 89.8 Å². The first-order valence-corrected chi connectivity index (χ1v) is 23.4. The van der Waals surface area contributed by atoms with Gasteiger partial charge < -0.3 is 34.1 Å². The van der Waals surface area contributed by atoms with Crippen LogP contribution in [-0.2, 0) is 60.6 Å². The van der Waals surface area contributed by atoms with E-state index >= 15 is 0 Å². The molecule has 18 heteroatoms. The van der Waals surface area contributed by atoms with Crippen LogP contribution in [0.4, 0.5) is 0 Å². The summed E-state index contributed by atoms with van der Waals surface area (Å²) < 4.78 is 66.3. The number of nitrogens with one attached hydrogen (secondary N) is 1. The van der Waals surface area contributed by atoms with Gasteiger partial charge in [-0.1, -0.05) is 57.8 Å². The lowest BCUT2D eigenvalue weighted by atomic mass is 9.46. The van der Waals surface area contributed by atoms with E-state index < -0.39 is 87.4 Å². The highest BCUT2D eigenvalue weighted by Gasteiger charge is 2.76. The second-order valence-corrected chi connectivity index (χ2v) is 19.7. The Morgan fingerprint density at radius 3 is 2.60 bits per heavy atom. The molecule has 0 bridgehead atoms. The fourth-order valence-corrected chi connectivity index (χ4v) is 12.5. The second kappa shape index (κ2) is 19.1. The van der Waals surface area contributed by atoms with Crippen molar-refractivity contribution in [2.45, 2.75) is 135 Å². The van der Waals surface area contributed by atoms with Crippen LogP contribution < -0.4 is 5.32 Å². The van der Waals surface area contributed by atoms with E-state index in [1.165, 1.54) is 13.0 Å². The van der Waals surface area contributed by atoms with Crippen LogP contribution in [0, 0.1) is 28.6 Å². The fraction of sp³-hybridized carbons (Fsp3) is 0.750. The molecule has 5 rings (SSSR count). The van der Waals surface area contributed by atoms with Gasteiger partial charge in [-0.25, -0.2) is 9.13 Å². The molecule has 3 saturated carbocycles. The molecule has 0 radical (unpaired) electrons. The summed E-state index contributed by atoms with van der Waals surface area (Å²) in [6.45, 7) is 11.0. The van der Waals surface area contributed by atoms with Gasteiger partial charge in [-0.05, 0) is 82.3 Å². The molecule has 1 aliphatic heterocycles.